The number of ether oxygens (including phenoxy) is 2. The van der Waals surface area contributed by atoms with Gasteiger partial charge in [0.15, 0.2) is 11.5 Å². The van der Waals surface area contributed by atoms with E-state index >= 15 is 0 Å². The van der Waals surface area contributed by atoms with Crippen LogP contribution < -0.4 is 14.9 Å². The van der Waals surface area contributed by atoms with E-state index in [4.69, 9.17) is 9.47 Å². The molecular weight excluding hydrogens is 462 g/mol. The molecule has 0 aliphatic carbocycles. The molecule has 0 radical (unpaired) electrons. The molecule has 0 unspecified atom stereocenters. The zero-order valence-corrected chi connectivity index (χ0v) is 17.6. The van der Waals surface area contributed by atoms with Gasteiger partial charge < -0.3 is 9.47 Å². The molecule has 0 aliphatic heterocycles. The molecule has 0 heterocycles. The first-order valence-corrected chi connectivity index (χ1v) is 9.66. The van der Waals surface area contributed by atoms with Crippen LogP contribution in [0.3, 0.4) is 0 Å². The maximum atomic E-state index is 12.9. The van der Waals surface area contributed by atoms with Gasteiger partial charge in [-0.25, -0.2) is 9.82 Å². The van der Waals surface area contributed by atoms with Crippen molar-refractivity contribution in [3.8, 4) is 11.5 Å². The topological polar surface area (TPSA) is 59.9 Å². The molecule has 2 aromatic rings. The number of carbonyl (C=O) groups excluding carboxylic acids is 1. The highest BCUT2D eigenvalue weighted by atomic mass is 127. The number of hydrazone groups is 1. The summed E-state index contributed by atoms with van der Waals surface area (Å²) in [5.41, 5.74) is 3.97. The first-order valence-electron chi connectivity index (χ1n) is 8.58. The molecule has 0 bridgehead atoms. The number of nitrogens with zero attached hydrogens (tertiary/aromatic N) is 1. The second-order valence-electron chi connectivity index (χ2n) is 6.03. The number of nitrogens with one attached hydrogen (secondary N) is 1. The number of halogens is 2. The molecule has 2 rings (SSSR count). The fraction of sp³-hybridized carbons (Fsp3) is 0.300. The average molecular weight is 484 g/mol. The van der Waals surface area contributed by atoms with Gasteiger partial charge in [0.25, 0.3) is 0 Å². The maximum Gasteiger partial charge on any atom is 0.244 e. The molecule has 2 aromatic carbocycles. The fourth-order valence-corrected chi connectivity index (χ4v) is 3.03. The molecule has 0 aliphatic rings. The van der Waals surface area contributed by atoms with E-state index in [1.807, 2.05) is 32.9 Å². The number of amides is 1. The van der Waals surface area contributed by atoms with Gasteiger partial charge in [0, 0.05) is 0 Å². The Morgan fingerprint density at radius 2 is 2.00 bits per heavy atom. The Morgan fingerprint density at radius 3 is 2.63 bits per heavy atom. The predicted octanol–water partition coefficient (Wildman–Crippen LogP) is 4.31. The van der Waals surface area contributed by atoms with E-state index in [1.54, 1.807) is 18.3 Å². The van der Waals surface area contributed by atoms with Crippen LogP contribution in [0.25, 0.3) is 0 Å². The first-order chi connectivity index (χ1) is 12.9. The van der Waals surface area contributed by atoms with E-state index in [9.17, 15) is 9.18 Å². The third-order valence-corrected chi connectivity index (χ3v) is 4.17. The normalized spacial score (nSPS) is 11.0. The van der Waals surface area contributed by atoms with Gasteiger partial charge in [0.05, 0.1) is 28.9 Å². The Bertz CT molecular complexity index is 808. The molecule has 7 heteroatoms. The lowest BCUT2D eigenvalue weighted by atomic mass is 10.1. The minimum Gasteiger partial charge on any atom is -0.490 e. The van der Waals surface area contributed by atoms with Gasteiger partial charge in [-0.15, -0.1) is 0 Å². The summed E-state index contributed by atoms with van der Waals surface area (Å²) in [6, 6.07) is 9.51. The van der Waals surface area contributed by atoms with E-state index in [1.165, 1.54) is 12.1 Å². The fourth-order valence-electron chi connectivity index (χ4n) is 2.28. The molecule has 1 amide bonds. The SMILES string of the molecule is CCOc1cc(/C=N/NC(=O)Cc2ccc(F)cc2)cc(I)c1OC(C)C. The summed E-state index contributed by atoms with van der Waals surface area (Å²) in [5.74, 6) is 0.723. The number of carbonyl (C=O) groups is 1. The molecule has 0 spiro atoms. The smallest absolute Gasteiger partial charge is 0.244 e. The number of rotatable bonds is 8. The molecule has 1 N–H and O–H groups in total. The van der Waals surface area contributed by atoms with E-state index in [0.717, 1.165) is 9.13 Å². The van der Waals surface area contributed by atoms with Crippen LogP contribution in [0.1, 0.15) is 31.9 Å². The van der Waals surface area contributed by atoms with Crippen LogP contribution >= 0.6 is 22.6 Å². The van der Waals surface area contributed by atoms with Crippen LogP contribution in [-0.2, 0) is 11.2 Å². The number of hydrogen-bond acceptors (Lipinski definition) is 4. The van der Waals surface area contributed by atoms with Crippen molar-refractivity contribution < 1.29 is 18.7 Å². The maximum absolute atomic E-state index is 12.9. The van der Waals surface area contributed by atoms with Crippen molar-refractivity contribution in [1.82, 2.24) is 5.43 Å². The Kier molecular flexibility index (Phi) is 8.02. The average Bonchev–Trinajstić information content (AvgIpc) is 2.60. The van der Waals surface area contributed by atoms with Gasteiger partial charge in [-0.05, 0) is 78.8 Å². The molecular formula is C20H22FIN2O3. The highest BCUT2D eigenvalue weighted by Gasteiger charge is 2.13. The zero-order chi connectivity index (χ0) is 19.8. The number of hydrogen-bond donors (Lipinski definition) is 1. The third kappa shape index (κ3) is 6.82. The molecule has 0 saturated heterocycles. The Hall–Kier alpha value is -2.16. The van der Waals surface area contributed by atoms with Gasteiger partial charge in [-0.1, -0.05) is 12.1 Å². The summed E-state index contributed by atoms with van der Waals surface area (Å²) in [7, 11) is 0. The Balaban J connectivity index is 2.04. The van der Waals surface area contributed by atoms with E-state index in [-0.39, 0.29) is 24.2 Å². The van der Waals surface area contributed by atoms with Crippen molar-refractivity contribution in [1.29, 1.82) is 0 Å². The van der Waals surface area contributed by atoms with Gasteiger partial charge in [0.1, 0.15) is 5.82 Å². The summed E-state index contributed by atoms with van der Waals surface area (Å²) in [6.07, 6.45) is 1.70. The highest BCUT2D eigenvalue weighted by Crippen LogP contribution is 2.34. The van der Waals surface area contributed by atoms with Crippen LogP contribution in [0.2, 0.25) is 0 Å². The van der Waals surface area contributed by atoms with Crippen molar-refractivity contribution >= 4 is 34.7 Å². The molecule has 5 nitrogen and oxygen atoms in total. The van der Waals surface area contributed by atoms with Gasteiger partial charge >= 0.3 is 0 Å². The Labute approximate surface area is 172 Å². The Morgan fingerprint density at radius 1 is 1.30 bits per heavy atom. The third-order valence-electron chi connectivity index (χ3n) is 3.37. The minimum absolute atomic E-state index is 0.0305. The summed E-state index contributed by atoms with van der Waals surface area (Å²) in [5, 5.41) is 3.99. The lowest BCUT2D eigenvalue weighted by molar-refractivity contribution is -0.120. The zero-order valence-electron chi connectivity index (χ0n) is 15.5. The second-order valence-corrected chi connectivity index (χ2v) is 7.19. The molecule has 0 atom stereocenters. The lowest BCUT2D eigenvalue weighted by Gasteiger charge is -2.16. The monoisotopic (exact) mass is 484 g/mol. The summed E-state index contributed by atoms with van der Waals surface area (Å²) >= 11 is 2.18. The first kappa shape index (κ1) is 21.1. The van der Waals surface area contributed by atoms with Crippen molar-refractivity contribution in [3.63, 3.8) is 0 Å². The predicted molar refractivity (Wildman–Crippen MR) is 112 cm³/mol. The van der Waals surface area contributed by atoms with Gasteiger partial charge in [-0.3, -0.25) is 4.79 Å². The molecule has 0 fully saturated rings. The minimum atomic E-state index is -0.332. The summed E-state index contributed by atoms with van der Waals surface area (Å²) in [4.78, 5) is 11.9. The van der Waals surface area contributed by atoms with E-state index < -0.39 is 0 Å². The van der Waals surface area contributed by atoms with Crippen LogP contribution in [0.4, 0.5) is 4.39 Å². The van der Waals surface area contributed by atoms with Gasteiger partial charge in [-0.2, -0.15) is 5.10 Å². The summed E-state index contributed by atoms with van der Waals surface area (Å²) in [6.45, 7) is 6.33. The summed E-state index contributed by atoms with van der Waals surface area (Å²) < 4.78 is 25.3. The molecule has 27 heavy (non-hydrogen) atoms. The molecule has 0 aromatic heterocycles. The van der Waals surface area contributed by atoms with E-state index in [0.29, 0.717) is 23.7 Å². The molecule has 144 valence electrons. The quantitative estimate of drug-likeness (QED) is 0.345. The highest BCUT2D eigenvalue weighted by molar-refractivity contribution is 14.1. The van der Waals surface area contributed by atoms with E-state index in [2.05, 4.69) is 33.1 Å². The van der Waals surface area contributed by atoms with Gasteiger partial charge in [0.2, 0.25) is 5.91 Å². The van der Waals surface area contributed by atoms with Crippen LogP contribution in [0.5, 0.6) is 11.5 Å². The standard InChI is InChI=1S/C20H22FIN2O3/c1-4-26-18-10-15(9-17(22)20(18)27-13(2)3)12-23-24-19(25)11-14-5-7-16(21)8-6-14/h5-10,12-13H,4,11H2,1-3H3,(H,24,25)/b23-12+. The van der Waals surface area contributed by atoms with Crippen molar-refractivity contribution in [2.45, 2.75) is 33.3 Å². The molecule has 0 saturated carbocycles. The van der Waals surface area contributed by atoms with Crippen LogP contribution in [0.15, 0.2) is 41.5 Å². The van der Waals surface area contributed by atoms with Crippen molar-refractivity contribution in [3.05, 3.63) is 56.9 Å². The largest absolute Gasteiger partial charge is 0.490 e. The van der Waals surface area contributed by atoms with Crippen LogP contribution in [0, 0.1) is 9.39 Å². The lowest BCUT2D eigenvalue weighted by Crippen LogP contribution is -2.19. The van der Waals surface area contributed by atoms with Crippen molar-refractivity contribution in [2.24, 2.45) is 5.10 Å². The van der Waals surface area contributed by atoms with Crippen LogP contribution in [-0.4, -0.2) is 24.8 Å². The second kappa shape index (κ2) is 10.2. The van der Waals surface area contributed by atoms with Crippen molar-refractivity contribution in [2.75, 3.05) is 6.61 Å². The number of benzene rings is 2.